The van der Waals surface area contributed by atoms with E-state index in [2.05, 4.69) is 10.6 Å². The van der Waals surface area contributed by atoms with Gasteiger partial charge in [0, 0.05) is 12.1 Å². The van der Waals surface area contributed by atoms with Crippen LogP contribution in [-0.4, -0.2) is 43.5 Å². The quantitative estimate of drug-likeness (QED) is 0.685. The van der Waals surface area contributed by atoms with Crippen LogP contribution in [0.4, 0.5) is 10.5 Å². The van der Waals surface area contributed by atoms with E-state index in [0.717, 1.165) is 10.5 Å². The van der Waals surface area contributed by atoms with Gasteiger partial charge in [-0.2, -0.15) is 0 Å². The maximum absolute atomic E-state index is 13.0. The summed E-state index contributed by atoms with van der Waals surface area (Å²) in [4.78, 5) is 39.0. The number of urea groups is 1. The maximum Gasteiger partial charge on any atom is 0.325 e. The van der Waals surface area contributed by atoms with Crippen LogP contribution in [0, 0.1) is 6.92 Å². The average Bonchev–Trinajstić information content (AvgIpc) is 2.93. The Kier molecular flexibility index (Phi) is 5.89. The number of carbonyl (C=O) groups is 3. The normalized spacial score (nSPS) is 18.2. The molecule has 1 saturated heterocycles. The molecule has 0 radical (unpaired) electrons. The van der Waals surface area contributed by atoms with Gasteiger partial charge in [0.25, 0.3) is 5.91 Å². The highest BCUT2D eigenvalue weighted by Gasteiger charge is 2.50. The van der Waals surface area contributed by atoms with Crippen LogP contribution in [0.5, 0.6) is 11.5 Å². The molecule has 1 fully saturated rings. The molecule has 2 aromatic rings. The van der Waals surface area contributed by atoms with Gasteiger partial charge < -0.3 is 20.1 Å². The lowest BCUT2D eigenvalue weighted by atomic mass is 9.88. The zero-order valence-electron chi connectivity index (χ0n) is 17.0. The monoisotopic (exact) mass is 431 g/mol. The fourth-order valence-corrected chi connectivity index (χ4v) is 3.68. The average molecular weight is 432 g/mol. The van der Waals surface area contributed by atoms with Gasteiger partial charge in [-0.05, 0) is 25.0 Å². The van der Waals surface area contributed by atoms with E-state index < -0.39 is 29.9 Å². The van der Waals surface area contributed by atoms with E-state index in [1.54, 1.807) is 19.1 Å². The Bertz CT molecular complexity index is 1030. The summed E-state index contributed by atoms with van der Waals surface area (Å²) in [5.41, 5.74) is 0.593. The summed E-state index contributed by atoms with van der Waals surface area (Å²) in [5, 5.41) is 5.65. The molecule has 2 N–H and O–H groups in total. The van der Waals surface area contributed by atoms with E-state index in [4.69, 9.17) is 21.1 Å². The first-order chi connectivity index (χ1) is 14.2. The number of methoxy groups -OCH3 is 2. The predicted molar refractivity (Wildman–Crippen MR) is 112 cm³/mol. The third-order valence-corrected chi connectivity index (χ3v) is 5.30. The Balaban J connectivity index is 1.80. The number of rotatable bonds is 6. The van der Waals surface area contributed by atoms with Gasteiger partial charge in [-0.25, -0.2) is 4.79 Å². The Morgan fingerprint density at radius 2 is 1.83 bits per heavy atom. The molecule has 4 amide bonds. The number of nitrogens with zero attached hydrogens (tertiary/aromatic N) is 1. The number of imide groups is 1. The lowest BCUT2D eigenvalue weighted by Crippen LogP contribution is -2.42. The second-order valence-corrected chi connectivity index (χ2v) is 7.40. The Morgan fingerprint density at radius 1 is 1.17 bits per heavy atom. The molecule has 1 unspecified atom stereocenters. The first kappa shape index (κ1) is 21.4. The van der Waals surface area contributed by atoms with Crippen molar-refractivity contribution >= 4 is 35.1 Å². The second-order valence-electron chi connectivity index (χ2n) is 7.00. The molecule has 3 rings (SSSR count). The van der Waals surface area contributed by atoms with Crippen molar-refractivity contribution in [3.05, 3.63) is 52.5 Å². The molecular formula is C21H22ClN3O5. The van der Waals surface area contributed by atoms with Crippen LogP contribution in [0.2, 0.25) is 5.02 Å². The fraction of sp³-hybridized carbons (Fsp3) is 0.286. The molecule has 1 aliphatic rings. The molecule has 8 nitrogen and oxygen atoms in total. The number of carbonyl (C=O) groups excluding carboxylic acids is 3. The second kappa shape index (κ2) is 8.23. The van der Waals surface area contributed by atoms with Crippen molar-refractivity contribution in [2.75, 3.05) is 26.1 Å². The van der Waals surface area contributed by atoms with Crippen molar-refractivity contribution in [3.8, 4) is 11.5 Å². The molecule has 1 heterocycles. The highest BCUT2D eigenvalue weighted by atomic mass is 35.5. The molecule has 0 saturated carbocycles. The van der Waals surface area contributed by atoms with E-state index >= 15 is 0 Å². The molecule has 0 spiro atoms. The Hall–Kier alpha value is -3.26. The molecule has 0 aliphatic carbocycles. The highest BCUT2D eigenvalue weighted by molar-refractivity contribution is 6.32. The smallest absolute Gasteiger partial charge is 0.325 e. The van der Waals surface area contributed by atoms with E-state index in [9.17, 15) is 14.4 Å². The van der Waals surface area contributed by atoms with Gasteiger partial charge in [-0.1, -0.05) is 35.9 Å². The number of hydrogen-bond acceptors (Lipinski definition) is 5. The minimum Gasteiger partial charge on any atom is -0.495 e. The standard InChI is InChI=1S/C21H22ClN3O5/c1-12-7-5-6-8-13(12)21(2)19(27)25(20(28)24-21)11-18(26)23-15-10-16(29-3)14(22)9-17(15)30-4/h5-10H,11H2,1-4H3,(H,23,26)(H,24,28). The zero-order chi connectivity index (χ0) is 22.1. The van der Waals surface area contributed by atoms with Crippen molar-refractivity contribution in [2.24, 2.45) is 0 Å². The summed E-state index contributed by atoms with van der Waals surface area (Å²) >= 11 is 6.07. The SMILES string of the molecule is COc1cc(NC(=O)CN2C(=O)NC(C)(c3ccccc3C)C2=O)c(OC)cc1Cl. The van der Waals surface area contributed by atoms with Crippen LogP contribution >= 0.6 is 11.6 Å². The summed E-state index contributed by atoms with van der Waals surface area (Å²) in [7, 11) is 2.87. The number of aryl methyl sites for hydroxylation is 1. The number of amides is 4. The summed E-state index contributed by atoms with van der Waals surface area (Å²) in [6, 6.07) is 9.64. The van der Waals surface area contributed by atoms with Gasteiger partial charge >= 0.3 is 6.03 Å². The first-order valence-corrected chi connectivity index (χ1v) is 9.50. The summed E-state index contributed by atoms with van der Waals surface area (Å²) < 4.78 is 10.4. The first-order valence-electron chi connectivity index (χ1n) is 9.13. The fourth-order valence-electron chi connectivity index (χ4n) is 3.45. The molecule has 1 atom stereocenters. The zero-order valence-corrected chi connectivity index (χ0v) is 17.8. The molecule has 158 valence electrons. The van der Waals surface area contributed by atoms with E-state index in [0.29, 0.717) is 27.8 Å². The molecule has 9 heteroatoms. The van der Waals surface area contributed by atoms with Crippen LogP contribution in [0.3, 0.4) is 0 Å². The number of halogens is 1. The predicted octanol–water partition coefficient (Wildman–Crippen LogP) is 3.07. The number of benzene rings is 2. The lowest BCUT2D eigenvalue weighted by Gasteiger charge is -2.24. The van der Waals surface area contributed by atoms with Crippen molar-refractivity contribution in [1.82, 2.24) is 10.2 Å². The van der Waals surface area contributed by atoms with Gasteiger partial charge in [-0.3, -0.25) is 14.5 Å². The topological polar surface area (TPSA) is 97.0 Å². The minimum atomic E-state index is -1.25. The molecule has 0 aromatic heterocycles. The van der Waals surface area contributed by atoms with Gasteiger partial charge in [-0.15, -0.1) is 0 Å². The Labute approximate surface area is 179 Å². The van der Waals surface area contributed by atoms with Gasteiger partial charge in [0.2, 0.25) is 5.91 Å². The third-order valence-electron chi connectivity index (χ3n) is 5.01. The molecule has 1 aliphatic heterocycles. The van der Waals surface area contributed by atoms with E-state index in [1.807, 2.05) is 19.1 Å². The van der Waals surface area contributed by atoms with Crippen LogP contribution < -0.4 is 20.1 Å². The van der Waals surface area contributed by atoms with E-state index in [1.165, 1.54) is 26.4 Å². The maximum atomic E-state index is 13.0. The summed E-state index contributed by atoms with van der Waals surface area (Å²) in [6.07, 6.45) is 0. The van der Waals surface area contributed by atoms with Gasteiger partial charge in [0.05, 0.1) is 24.9 Å². The van der Waals surface area contributed by atoms with Crippen LogP contribution in [0.1, 0.15) is 18.1 Å². The Morgan fingerprint density at radius 3 is 2.47 bits per heavy atom. The number of anilines is 1. The van der Waals surface area contributed by atoms with Crippen molar-refractivity contribution in [1.29, 1.82) is 0 Å². The van der Waals surface area contributed by atoms with Crippen LogP contribution in [0.15, 0.2) is 36.4 Å². The van der Waals surface area contributed by atoms with E-state index in [-0.39, 0.29) is 0 Å². The molecular weight excluding hydrogens is 410 g/mol. The van der Waals surface area contributed by atoms with Crippen molar-refractivity contribution in [3.63, 3.8) is 0 Å². The van der Waals surface area contributed by atoms with Gasteiger partial charge in [0.15, 0.2) is 0 Å². The minimum absolute atomic E-state index is 0.303. The largest absolute Gasteiger partial charge is 0.495 e. The summed E-state index contributed by atoms with van der Waals surface area (Å²) in [5.74, 6) is -0.418. The van der Waals surface area contributed by atoms with Crippen molar-refractivity contribution < 1.29 is 23.9 Å². The number of ether oxygens (including phenoxy) is 2. The van der Waals surface area contributed by atoms with Gasteiger partial charge in [0.1, 0.15) is 23.6 Å². The number of hydrogen-bond donors (Lipinski definition) is 2. The van der Waals surface area contributed by atoms with Crippen LogP contribution in [-0.2, 0) is 15.1 Å². The highest BCUT2D eigenvalue weighted by Crippen LogP contribution is 2.36. The molecule has 30 heavy (non-hydrogen) atoms. The lowest BCUT2D eigenvalue weighted by molar-refractivity contribution is -0.133. The van der Waals surface area contributed by atoms with Crippen LogP contribution in [0.25, 0.3) is 0 Å². The molecule has 0 bridgehead atoms. The number of nitrogens with one attached hydrogen (secondary N) is 2. The molecule has 2 aromatic carbocycles. The van der Waals surface area contributed by atoms with Crippen molar-refractivity contribution in [2.45, 2.75) is 19.4 Å². The summed E-state index contributed by atoms with van der Waals surface area (Å²) in [6.45, 7) is 3.02. The third kappa shape index (κ3) is 3.78.